The zero-order valence-electron chi connectivity index (χ0n) is 23.3. The van der Waals surface area contributed by atoms with Gasteiger partial charge in [-0.1, -0.05) is 6.07 Å². The van der Waals surface area contributed by atoms with Crippen LogP contribution >= 0.6 is 0 Å². The normalized spacial score (nSPS) is 13.6. The SMILES string of the molecule is Cn1ncc(-c2ccc3c(=O)[nH]cc(CNC(=O)OC(C)(C)C)c3c2)c1-c1cc(C(F)(F)F)cc(OC2CC2)c1C#N. The van der Waals surface area contributed by atoms with E-state index in [0.29, 0.717) is 40.3 Å². The molecule has 1 amide bonds. The van der Waals surface area contributed by atoms with Crippen LogP contribution in [0.15, 0.2) is 47.5 Å². The number of nitrogens with zero attached hydrogens (tertiary/aromatic N) is 3. The summed E-state index contributed by atoms with van der Waals surface area (Å²) in [6.45, 7) is 5.26. The third-order valence-corrected chi connectivity index (χ3v) is 6.67. The highest BCUT2D eigenvalue weighted by Gasteiger charge is 2.35. The van der Waals surface area contributed by atoms with E-state index in [2.05, 4.69) is 15.4 Å². The number of alkyl halides is 3. The van der Waals surface area contributed by atoms with E-state index in [9.17, 15) is 28.0 Å². The van der Waals surface area contributed by atoms with Crippen LogP contribution in [0.5, 0.6) is 5.75 Å². The van der Waals surface area contributed by atoms with Gasteiger partial charge in [-0.3, -0.25) is 9.48 Å². The second-order valence-electron chi connectivity index (χ2n) is 11.1. The van der Waals surface area contributed by atoms with Crippen molar-refractivity contribution >= 4 is 16.9 Å². The summed E-state index contributed by atoms with van der Waals surface area (Å²) in [4.78, 5) is 27.5. The Balaban J connectivity index is 1.63. The Morgan fingerprint density at radius 1 is 1.17 bits per heavy atom. The van der Waals surface area contributed by atoms with E-state index in [4.69, 9.17) is 9.47 Å². The molecule has 2 aromatic heterocycles. The largest absolute Gasteiger partial charge is 0.489 e. The number of aromatic amines is 1. The van der Waals surface area contributed by atoms with Gasteiger partial charge < -0.3 is 19.8 Å². The molecule has 4 aromatic rings. The third kappa shape index (κ3) is 5.95. The molecular formula is C30H28F3N5O4. The molecule has 0 bridgehead atoms. The Kier molecular flexibility index (Phi) is 7.22. The van der Waals surface area contributed by atoms with Gasteiger partial charge in [0.25, 0.3) is 5.56 Å². The Morgan fingerprint density at radius 3 is 2.55 bits per heavy atom. The van der Waals surface area contributed by atoms with Crippen molar-refractivity contribution < 1.29 is 27.4 Å². The molecule has 42 heavy (non-hydrogen) atoms. The minimum atomic E-state index is -4.68. The van der Waals surface area contributed by atoms with Crippen LogP contribution in [-0.4, -0.2) is 32.6 Å². The number of carbonyl (C=O) groups excluding carboxylic acids is 1. The molecule has 12 heteroatoms. The molecular weight excluding hydrogens is 551 g/mol. The van der Waals surface area contributed by atoms with E-state index >= 15 is 0 Å². The van der Waals surface area contributed by atoms with Crippen molar-refractivity contribution in [2.45, 2.75) is 58.0 Å². The molecule has 2 aromatic carbocycles. The highest BCUT2D eigenvalue weighted by atomic mass is 19.4. The number of nitriles is 1. The molecule has 0 saturated heterocycles. The summed E-state index contributed by atoms with van der Waals surface area (Å²) in [5, 5.41) is 17.9. The van der Waals surface area contributed by atoms with Crippen LogP contribution in [0, 0.1) is 11.3 Å². The monoisotopic (exact) mass is 579 g/mol. The minimum absolute atomic E-state index is 0.0239. The fraction of sp³-hybridized carbons (Fsp3) is 0.333. The zero-order chi connectivity index (χ0) is 30.4. The van der Waals surface area contributed by atoms with Gasteiger partial charge in [-0.15, -0.1) is 0 Å². The van der Waals surface area contributed by atoms with Gasteiger partial charge in [0, 0.05) is 36.3 Å². The van der Waals surface area contributed by atoms with E-state index < -0.39 is 23.4 Å². The molecule has 9 nitrogen and oxygen atoms in total. The van der Waals surface area contributed by atoms with Crippen LogP contribution < -0.4 is 15.6 Å². The van der Waals surface area contributed by atoms with Crippen LogP contribution in [0.2, 0.25) is 0 Å². The molecule has 0 aliphatic heterocycles. The second kappa shape index (κ2) is 10.6. The number of nitrogens with one attached hydrogen (secondary N) is 2. The molecule has 0 atom stereocenters. The van der Waals surface area contributed by atoms with E-state index in [-0.39, 0.29) is 40.8 Å². The first-order valence-electron chi connectivity index (χ1n) is 13.2. The van der Waals surface area contributed by atoms with Crippen LogP contribution in [0.4, 0.5) is 18.0 Å². The van der Waals surface area contributed by atoms with Gasteiger partial charge in [0.05, 0.1) is 23.6 Å². The fourth-order valence-electron chi connectivity index (χ4n) is 4.62. The summed E-state index contributed by atoms with van der Waals surface area (Å²) >= 11 is 0. The number of fused-ring (bicyclic) bond motifs is 1. The number of rotatable bonds is 6. The van der Waals surface area contributed by atoms with E-state index in [0.717, 1.165) is 12.1 Å². The third-order valence-electron chi connectivity index (χ3n) is 6.67. The number of benzene rings is 2. The van der Waals surface area contributed by atoms with E-state index in [1.807, 2.05) is 6.07 Å². The van der Waals surface area contributed by atoms with Gasteiger partial charge >= 0.3 is 12.3 Å². The fourth-order valence-corrected chi connectivity index (χ4v) is 4.62. The van der Waals surface area contributed by atoms with Gasteiger partial charge in [-0.05, 0) is 74.4 Å². The highest BCUT2D eigenvalue weighted by molar-refractivity contribution is 5.93. The zero-order valence-corrected chi connectivity index (χ0v) is 23.3. The van der Waals surface area contributed by atoms with Crippen molar-refractivity contribution in [3.05, 3.63) is 69.8 Å². The number of alkyl carbamates (subject to hydrolysis) is 1. The molecule has 2 heterocycles. The minimum Gasteiger partial charge on any atom is -0.489 e. The van der Waals surface area contributed by atoms with Crippen LogP contribution in [0.3, 0.4) is 0 Å². The summed E-state index contributed by atoms with van der Waals surface area (Å²) in [6.07, 6.45) is -1.16. The number of halogens is 3. The quantitative estimate of drug-likeness (QED) is 0.287. The molecule has 0 spiro atoms. The molecule has 1 aliphatic carbocycles. The van der Waals surface area contributed by atoms with Crippen molar-refractivity contribution in [2.75, 3.05) is 0 Å². The Labute approximate surface area is 238 Å². The average Bonchev–Trinajstić information content (AvgIpc) is 3.64. The van der Waals surface area contributed by atoms with Crippen LogP contribution in [-0.2, 0) is 24.5 Å². The summed E-state index contributed by atoms with van der Waals surface area (Å²) in [7, 11) is 1.57. The molecule has 1 saturated carbocycles. The maximum atomic E-state index is 13.9. The van der Waals surface area contributed by atoms with E-state index in [1.165, 1.54) is 17.1 Å². The lowest BCUT2D eigenvalue weighted by atomic mass is 9.94. The smallest absolute Gasteiger partial charge is 0.416 e. The van der Waals surface area contributed by atoms with Gasteiger partial charge in [-0.2, -0.15) is 23.5 Å². The second-order valence-corrected chi connectivity index (χ2v) is 11.1. The molecule has 2 N–H and O–H groups in total. The summed E-state index contributed by atoms with van der Waals surface area (Å²) < 4.78 is 54.3. The number of ether oxygens (including phenoxy) is 2. The first-order chi connectivity index (χ1) is 19.7. The predicted molar refractivity (Wildman–Crippen MR) is 149 cm³/mol. The van der Waals surface area contributed by atoms with Gasteiger partial charge in [0.1, 0.15) is 23.0 Å². The maximum absolute atomic E-state index is 13.9. The lowest BCUT2D eigenvalue weighted by Gasteiger charge is -2.20. The number of amides is 1. The standard InChI is InChI=1S/C30H28F3N5O4/c1-29(2,3)42-28(40)36-14-17-13-35-27(39)20-8-5-16(9-21(17)20)24-15-37-38(4)26(24)22-10-18(30(31,32)33)11-25(23(22)12-34)41-19-6-7-19/h5,8-11,13,15,19H,6-7,14H2,1-4H3,(H,35,39)(H,36,40). The van der Waals surface area contributed by atoms with Crippen molar-refractivity contribution in [1.29, 1.82) is 5.26 Å². The number of pyridine rings is 1. The predicted octanol–water partition coefficient (Wildman–Crippen LogP) is 6.05. The average molecular weight is 580 g/mol. The molecule has 1 fully saturated rings. The Hall–Kier alpha value is -4.79. The van der Waals surface area contributed by atoms with Gasteiger partial charge in [0.15, 0.2) is 0 Å². The Morgan fingerprint density at radius 2 is 1.90 bits per heavy atom. The molecule has 1 aliphatic rings. The van der Waals surface area contributed by atoms with Crippen LogP contribution in [0.25, 0.3) is 33.2 Å². The van der Waals surface area contributed by atoms with Gasteiger partial charge in [-0.25, -0.2) is 4.79 Å². The first kappa shape index (κ1) is 28.7. The lowest BCUT2D eigenvalue weighted by Crippen LogP contribution is -2.32. The summed E-state index contributed by atoms with van der Waals surface area (Å²) in [6, 6.07) is 8.78. The first-order valence-corrected chi connectivity index (χ1v) is 13.2. The van der Waals surface area contributed by atoms with E-state index in [1.54, 1.807) is 46.0 Å². The number of aromatic nitrogens is 3. The number of carbonyl (C=O) groups is 1. The Bertz CT molecular complexity index is 1790. The van der Waals surface area contributed by atoms with Crippen molar-refractivity contribution in [1.82, 2.24) is 20.1 Å². The molecule has 0 radical (unpaired) electrons. The molecule has 5 rings (SSSR count). The highest BCUT2D eigenvalue weighted by Crippen LogP contribution is 2.43. The van der Waals surface area contributed by atoms with Gasteiger partial charge in [0.2, 0.25) is 0 Å². The van der Waals surface area contributed by atoms with Crippen LogP contribution in [0.1, 0.15) is 50.3 Å². The topological polar surface area (TPSA) is 122 Å². The summed E-state index contributed by atoms with van der Waals surface area (Å²) in [5.74, 6) is -0.127. The lowest BCUT2D eigenvalue weighted by molar-refractivity contribution is -0.137. The number of aryl methyl sites for hydroxylation is 1. The number of H-pyrrole nitrogens is 1. The van der Waals surface area contributed by atoms with Crippen molar-refractivity contribution in [3.8, 4) is 34.2 Å². The van der Waals surface area contributed by atoms with Crippen molar-refractivity contribution in [2.24, 2.45) is 7.05 Å². The summed E-state index contributed by atoms with van der Waals surface area (Å²) in [5.41, 5.74) is -0.156. The molecule has 218 valence electrons. The maximum Gasteiger partial charge on any atom is 0.416 e. The number of hydrogen-bond donors (Lipinski definition) is 2. The van der Waals surface area contributed by atoms with Crippen molar-refractivity contribution in [3.63, 3.8) is 0 Å². The number of hydrogen-bond acceptors (Lipinski definition) is 6. The molecule has 0 unspecified atom stereocenters.